The number of hydrogen-bond acceptors (Lipinski definition) is 3. The fourth-order valence-electron chi connectivity index (χ4n) is 2.04. The van der Waals surface area contributed by atoms with Crippen LogP contribution >= 0.6 is 11.8 Å². The molecular formula is C19H14N2O2S. The Kier molecular flexibility index (Phi) is 5.03. The highest BCUT2D eigenvalue weighted by molar-refractivity contribution is 8.18. The minimum atomic E-state index is -0.375. The van der Waals surface area contributed by atoms with Crippen molar-refractivity contribution in [2.75, 3.05) is 0 Å². The molecule has 3 rings (SSSR count). The Bertz CT molecular complexity index is 840. The van der Waals surface area contributed by atoms with E-state index < -0.39 is 0 Å². The lowest BCUT2D eigenvalue weighted by Gasteiger charge is -1.95. The number of nitrogens with one attached hydrogen (secondary N) is 1. The molecular weight excluding hydrogens is 320 g/mol. The predicted molar refractivity (Wildman–Crippen MR) is 97.5 cm³/mol. The number of nitrogens with zero attached hydrogens (tertiary/aromatic N) is 1. The number of carbonyl (C=O) groups is 2. The second kappa shape index (κ2) is 7.57. The van der Waals surface area contributed by atoms with Crippen molar-refractivity contribution in [1.29, 1.82) is 0 Å². The van der Waals surface area contributed by atoms with Crippen LogP contribution in [-0.2, 0) is 4.79 Å². The fraction of sp³-hybridized carbons (Fsp3) is 0. The van der Waals surface area contributed by atoms with Crippen molar-refractivity contribution in [3.8, 4) is 0 Å². The molecule has 1 heterocycles. The molecule has 5 heteroatoms. The molecule has 118 valence electrons. The number of allylic oxidation sites excluding steroid dienone is 2. The van der Waals surface area contributed by atoms with Gasteiger partial charge in [0.25, 0.3) is 11.8 Å². The second-order valence-corrected chi connectivity index (χ2v) is 5.98. The van der Waals surface area contributed by atoms with Gasteiger partial charge in [-0.05, 0) is 35.5 Å². The number of aliphatic imine (C=N–C) groups is 1. The van der Waals surface area contributed by atoms with E-state index >= 15 is 0 Å². The highest BCUT2D eigenvalue weighted by Crippen LogP contribution is 2.24. The first-order valence-electron chi connectivity index (χ1n) is 7.33. The van der Waals surface area contributed by atoms with E-state index in [2.05, 4.69) is 10.3 Å². The summed E-state index contributed by atoms with van der Waals surface area (Å²) in [6.07, 6.45) is 5.42. The summed E-state index contributed by atoms with van der Waals surface area (Å²) in [6, 6.07) is 18.5. The minimum Gasteiger partial charge on any atom is -0.300 e. The van der Waals surface area contributed by atoms with E-state index in [1.54, 1.807) is 36.4 Å². The van der Waals surface area contributed by atoms with Crippen LogP contribution in [0, 0.1) is 0 Å². The SMILES string of the molecule is O=C1NC(=NC(=O)c2ccccc2)S/C1=C\C=C\c1ccccc1. The van der Waals surface area contributed by atoms with Crippen LogP contribution in [0.25, 0.3) is 6.08 Å². The van der Waals surface area contributed by atoms with Gasteiger partial charge in [0.2, 0.25) is 0 Å². The molecule has 2 amide bonds. The van der Waals surface area contributed by atoms with E-state index in [0.29, 0.717) is 15.6 Å². The molecule has 1 fully saturated rings. The predicted octanol–water partition coefficient (Wildman–Crippen LogP) is 3.64. The van der Waals surface area contributed by atoms with Crippen molar-refractivity contribution < 1.29 is 9.59 Å². The Morgan fingerprint density at radius 2 is 1.67 bits per heavy atom. The summed E-state index contributed by atoms with van der Waals surface area (Å²) >= 11 is 1.16. The van der Waals surface area contributed by atoms with Gasteiger partial charge in [-0.25, -0.2) is 0 Å². The highest BCUT2D eigenvalue weighted by Gasteiger charge is 2.24. The van der Waals surface area contributed by atoms with E-state index in [9.17, 15) is 9.59 Å². The van der Waals surface area contributed by atoms with Gasteiger partial charge in [0.05, 0.1) is 4.91 Å². The topological polar surface area (TPSA) is 58.5 Å². The van der Waals surface area contributed by atoms with Crippen LogP contribution < -0.4 is 5.32 Å². The van der Waals surface area contributed by atoms with Crippen molar-refractivity contribution in [3.63, 3.8) is 0 Å². The van der Waals surface area contributed by atoms with Gasteiger partial charge in [-0.3, -0.25) is 9.59 Å². The van der Waals surface area contributed by atoms with Gasteiger partial charge >= 0.3 is 0 Å². The zero-order chi connectivity index (χ0) is 16.8. The third-order valence-electron chi connectivity index (χ3n) is 3.21. The zero-order valence-corrected chi connectivity index (χ0v) is 13.5. The van der Waals surface area contributed by atoms with Crippen molar-refractivity contribution in [2.24, 2.45) is 4.99 Å². The van der Waals surface area contributed by atoms with E-state index in [1.807, 2.05) is 42.5 Å². The van der Waals surface area contributed by atoms with E-state index in [4.69, 9.17) is 0 Å². The molecule has 0 spiro atoms. The Morgan fingerprint density at radius 1 is 1.00 bits per heavy atom. The molecule has 2 aromatic carbocycles. The van der Waals surface area contributed by atoms with Crippen LogP contribution in [0.4, 0.5) is 0 Å². The van der Waals surface area contributed by atoms with Gasteiger partial charge in [0, 0.05) is 5.56 Å². The van der Waals surface area contributed by atoms with Crippen LogP contribution in [0.2, 0.25) is 0 Å². The summed E-state index contributed by atoms with van der Waals surface area (Å²) < 4.78 is 0. The van der Waals surface area contributed by atoms with E-state index in [0.717, 1.165) is 17.3 Å². The van der Waals surface area contributed by atoms with Crippen molar-refractivity contribution in [1.82, 2.24) is 5.32 Å². The molecule has 4 nitrogen and oxygen atoms in total. The van der Waals surface area contributed by atoms with Crippen molar-refractivity contribution in [3.05, 3.63) is 88.8 Å². The monoisotopic (exact) mass is 334 g/mol. The summed E-state index contributed by atoms with van der Waals surface area (Å²) in [7, 11) is 0. The maximum absolute atomic E-state index is 12.0. The first-order valence-corrected chi connectivity index (χ1v) is 8.15. The first kappa shape index (κ1) is 16.0. The van der Waals surface area contributed by atoms with Crippen LogP contribution in [0.1, 0.15) is 15.9 Å². The number of hydrogen-bond donors (Lipinski definition) is 1. The number of thioether (sulfide) groups is 1. The number of rotatable bonds is 3. The third kappa shape index (κ3) is 4.08. The molecule has 0 aliphatic carbocycles. The maximum atomic E-state index is 12.0. The maximum Gasteiger partial charge on any atom is 0.279 e. The quantitative estimate of drug-likeness (QED) is 0.872. The van der Waals surface area contributed by atoms with Gasteiger partial charge in [0.1, 0.15) is 0 Å². The van der Waals surface area contributed by atoms with E-state index in [-0.39, 0.29) is 11.8 Å². The molecule has 0 aromatic heterocycles. The largest absolute Gasteiger partial charge is 0.300 e. The minimum absolute atomic E-state index is 0.252. The van der Waals surface area contributed by atoms with Crippen LogP contribution in [0.5, 0.6) is 0 Å². The normalized spacial score (nSPS) is 17.6. The number of amidine groups is 1. The second-order valence-electron chi connectivity index (χ2n) is 4.95. The molecule has 0 bridgehead atoms. The van der Waals surface area contributed by atoms with Gasteiger partial charge < -0.3 is 5.32 Å². The van der Waals surface area contributed by atoms with Gasteiger partial charge in [0.15, 0.2) is 5.17 Å². The summed E-state index contributed by atoms with van der Waals surface area (Å²) in [5, 5.41) is 2.90. The molecule has 1 saturated heterocycles. The summed E-state index contributed by atoms with van der Waals surface area (Å²) in [6.45, 7) is 0. The Labute approximate surface area is 144 Å². The summed E-state index contributed by atoms with van der Waals surface area (Å²) in [5.74, 6) is -0.628. The van der Waals surface area contributed by atoms with Crippen LogP contribution in [0.3, 0.4) is 0 Å². The molecule has 0 radical (unpaired) electrons. The average Bonchev–Trinajstić information content (AvgIpc) is 2.96. The standard InChI is InChI=1S/C19H14N2O2S/c22-17(15-11-5-2-6-12-15)20-19-21-18(23)16(24-19)13-7-10-14-8-3-1-4-9-14/h1-13H,(H,20,21,22,23)/b10-7+,16-13-. The lowest BCUT2D eigenvalue weighted by atomic mass is 10.2. The molecule has 0 atom stereocenters. The smallest absolute Gasteiger partial charge is 0.279 e. The third-order valence-corrected chi connectivity index (χ3v) is 4.14. The lowest BCUT2D eigenvalue weighted by molar-refractivity contribution is -0.115. The van der Waals surface area contributed by atoms with Crippen molar-refractivity contribution in [2.45, 2.75) is 0 Å². The zero-order valence-electron chi connectivity index (χ0n) is 12.7. The van der Waals surface area contributed by atoms with Crippen LogP contribution in [-0.4, -0.2) is 17.0 Å². The first-order chi connectivity index (χ1) is 11.7. The lowest BCUT2D eigenvalue weighted by Crippen LogP contribution is -2.20. The molecule has 2 aromatic rings. The van der Waals surface area contributed by atoms with Crippen LogP contribution in [0.15, 0.2) is 82.7 Å². The Hall–Kier alpha value is -2.92. The van der Waals surface area contributed by atoms with E-state index in [1.165, 1.54) is 0 Å². The number of amides is 2. The Balaban J connectivity index is 1.69. The molecule has 0 unspecified atom stereocenters. The fourth-order valence-corrected chi connectivity index (χ4v) is 2.81. The Morgan fingerprint density at radius 3 is 2.38 bits per heavy atom. The molecule has 1 N–H and O–H groups in total. The van der Waals surface area contributed by atoms with Gasteiger partial charge in [-0.15, -0.1) is 0 Å². The highest BCUT2D eigenvalue weighted by atomic mass is 32.2. The molecule has 1 aliphatic rings. The average molecular weight is 334 g/mol. The summed E-state index contributed by atoms with van der Waals surface area (Å²) in [5.41, 5.74) is 1.53. The molecule has 24 heavy (non-hydrogen) atoms. The number of carbonyl (C=O) groups excluding carboxylic acids is 2. The molecule has 0 saturated carbocycles. The summed E-state index contributed by atoms with van der Waals surface area (Å²) in [4.78, 5) is 28.4. The van der Waals surface area contributed by atoms with Gasteiger partial charge in [-0.2, -0.15) is 4.99 Å². The van der Waals surface area contributed by atoms with Crippen molar-refractivity contribution >= 4 is 34.8 Å². The number of benzene rings is 2. The molecule has 1 aliphatic heterocycles. The van der Waals surface area contributed by atoms with Gasteiger partial charge in [-0.1, -0.05) is 60.7 Å².